The van der Waals surface area contributed by atoms with E-state index in [1.54, 1.807) is 119 Å². The first-order valence-electron chi connectivity index (χ1n) is 13.6. The Hall–Kier alpha value is -5.22. The van der Waals surface area contributed by atoms with Crippen molar-refractivity contribution in [3.8, 4) is 17.2 Å². The average molecular weight is 612 g/mol. The van der Waals surface area contributed by atoms with E-state index in [2.05, 4.69) is 16.0 Å². The number of hydrogen-bond donors (Lipinski definition) is 3. The van der Waals surface area contributed by atoms with Crippen molar-refractivity contribution >= 4 is 46.9 Å². The molecule has 4 aromatic rings. The fraction of sp³-hybridized carbons (Fsp3) is 0.147. The zero-order chi connectivity index (χ0) is 31.5. The summed E-state index contributed by atoms with van der Waals surface area (Å²) in [6.45, 7) is 1.79. The number of anilines is 2. The van der Waals surface area contributed by atoms with Gasteiger partial charge in [-0.1, -0.05) is 36.4 Å². The van der Waals surface area contributed by atoms with Gasteiger partial charge in [0.25, 0.3) is 11.8 Å². The molecular formula is C34H33N3O6S. The second kappa shape index (κ2) is 15.3. The molecule has 4 rings (SSSR count). The van der Waals surface area contributed by atoms with Gasteiger partial charge < -0.3 is 30.2 Å². The standard InChI is InChI=1S/C34H33N3O6S/c1-22(32(38)36-26-18-28(42-3)21-29(19-26)43-4)44-30-15-9-13-25(20-30)35-34(40)31(17-23-10-8-14-27(16-23)41-2)37-33(39)24-11-6-5-7-12-24/h5-22H,1-4H3,(H,35,40)(H,36,38)(H,37,39)/b31-17-. The summed E-state index contributed by atoms with van der Waals surface area (Å²) in [5.41, 5.74) is 2.17. The zero-order valence-electron chi connectivity index (χ0n) is 24.8. The highest BCUT2D eigenvalue weighted by Crippen LogP contribution is 2.29. The Balaban J connectivity index is 1.48. The monoisotopic (exact) mass is 611 g/mol. The molecule has 4 aromatic carbocycles. The Morgan fingerprint density at radius 1 is 0.705 bits per heavy atom. The van der Waals surface area contributed by atoms with Crippen molar-refractivity contribution in [1.82, 2.24) is 5.32 Å². The van der Waals surface area contributed by atoms with E-state index in [9.17, 15) is 14.4 Å². The van der Waals surface area contributed by atoms with Crippen molar-refractivity contribution in [3.63, 3.8) is 0 Å². The first-order valence-corrected chi connectivity index (χ1v) is 14.5. The first kappa shape index (κ1) is 31.7. The topological polar surface area (TPSA) is 115 Å². The minimum Gasteiger partial charge on any atom is -0.497 e. The highest BCUT2D eigenvalue weighted by Gasteiger charge is 2.18. The van der Waals surface area contributed by atoms with Gasteiger partial charge in [0.15, 0.2) is 0 Å². The van der Waals surface area contributed by atoms with Crippen LogP contribution in [-0.4, -0.2) is 44.3 Å². The smallest absolute Gasteiger partial charge is 0.272 e. The van der Waals surface area contributed by atoms with Crippen molar-refractivity contribution in [3.05, 3.63) is 114 Å². The molecule has 0 aromatic heterocycles. The third-order valence-corrected chi connectivity index (χ3v) is 7.42. The Bertz CT molecular complexity index is 1640. The number of methoxy groups -OCH3 is 3. The highest BCUT2D eigenvalue weighted by molar-refractivity contribution is 8.00. The van der Waals surface area contributed by atoms with Crippen molar-refractivity contribution in [2.75, 3.05) is 32.0 Å². The number of hydrogen-bond acceptors (Lipinski definition) is 7. The number of nitrogens with one attached hydrogen (secondary N) is 3. The van der Waals surface area contributed by atoms with Crippen molar-refractivity contribution < 1.29 is 28.6 Å². The first-order chi connectivity index (χ1) is 21.3. The van der Waals surface area contributed by atoms with E-state index in [1.165, 1.54) is 11.8 Å². The molecule has 0 aliphatic rings. The van der Waals surface area contributed by atoms with Crippen LogP contribution >= 0.6 is 11.8 Å². The minimum atomic E-state index is -0.517. The van der Waals surface area contributed by atoms with Gasteiger partial charge in [0, 0.05) is 40.0 Å². The van der Waals surface area contributed by atoms with E-state index in [0.717, 1.165) is 4.90 Å². The predicted octanol–water partition coefficient (Wildman–Crippen LogP) is 6.24. The molecule has 0 bridgehead atoms. The molecule has 0 saturated heterocycles. The molecule has 44 heavy (non-hydrogen) atoms. The summed E-state index contributed by atoms with van der Waals surface area (Å²) in [7, 11) is 4.64. The molecule has 0 heterocycles. The summed E-state index contributed by atoms with van der Waals surface area (Å²) in [4.78, 5) is 40.2. The van der Waals surface area contributed by atoms with Crippen LogP contribution in [0, 0.1) is 0 Å². The maximum atomic E-state index is 13.5. The Morgan fingerprint density at radius 2 is 1.39 bits per heavy atom. The summed E-state index contributed by atoms with van der Waals surface area (Å²) in [5.74, 6) is 0.573. The number of carbonyl (C=O) groups excluding carboxylic acids is 3. The Morgan fingerprint density at radius 3 is 2.07 bits per heavy atom. The van der Waals surface area contributed by atoms with Crippen LogP contribution in [0.5, 0.6) is 17.2 Å². The second-order valence-corrected chi connectivity index (χ2v) is 10.9. The molecule has 0 aliphatic carbocycles. The van der Waals surface area contributed by atoms with Crippen LogP contribution in [0.1, 0.15) is 22.8 Å². The highest BCUT2D eigenvalue weighted by atomic mass is 32.2. The van der Waals surface area contributed by atoms with E-state index in [0.29, 0.717) is 39.8 Å². The maximum absolute atomic E-state index is 13.5. The molecule has 1 atom stereocenters. The van der Waals surface area contributed by atoms with Crippen LogP contribution in [0.15, 0.2) is 108 Å². The van der Waals surface area contributed by atoms with Gasteiger partial charge in [0.05, 0.1) is 26.6 Å². The zero-order valence-corrected chi connectivity index (χ0v) is 25.6. The molecule has 0 fully saturated rings. The Kier molecular flexibility index (Phi) is 11.0. The molecule has 0 aliphatic heterocycles. The second-order valence-electron chi connectivity index (χ2n) is 9.49. The molecule has 3 N–H and O–H groups in total. The largest absolute Gasteiger partial charge is 0.497 e. The van der Waals surface area contributed by atoms with E-state index < -0.39 is 17.1 Å². The Labute approximate surface area is 260 Å². The summed E-state index contributed by atoms with van der Waals surface area (Å²) in [6.07, 6.45) is 1.58. The molecule has 1 unspecified atom stereocenters. The van der Waals surface area contributed by atoms with Crippen LogP contribution in [0.4, 0.5) is 11.4 Å². The fourth-order valence-electron chi connectivity index (χ4n) is 4.07. The van der Waals surface area contributed by atoms with Gasteiger partial charge >= 0.3 is 0 Å². The van der Waals surface area contributed by atoms with Crippen LogP contribution < -0.4 is 30.2 Å². The predicted molar refractivity (Wildman–Crippen MR) is 173 cm³/mol. The molecule has 3 amide bonds. The van der Waals surface area contributed by atoms with Gasteiger partial charge in [-0.25, -0.2) is 0 Å². The molecule has 9 nitrogen and oxygen atoms in total. The quantitative estimate of drug-likeness (QED) is 0.128. The summed E-state index contributed by atoms with van der Waals surface area (Å²) >= 11 is 1.33. The number of rotatable bonds is 12. The third-order valence-electron chi connectivity index (χ3n) is 6.33. The van der Waals surface area contributed by atoms with E-state index in [1.807, 2.05) is 12.1 Å². The van der Waals surface area contributed by atoms with Crippen LogP contribution in [0.2, 0.25) is 0 Å². The lowest BCUT2D eigenvalue weighted by molar-refractivity contribution is -0.115. The van der Waals surface area contributed by atoms with Gasteiger partial charge in [0.1, 0.15) is 22.9 Å². The van der Waals surface area contributed by atoms with Gasteiger partial charge in [-0.05, 0) is 61.0 Å². The fourth-order valence-corrected chi connectivity index (χ4v) is 4.99. The number of carbonyl (C=O) groups is 3. The molecule has 226 valence electrons. The average Bonchev–Trinajstić information content (AvgIpc) is 3.04. The molecule has 0 saturated carbocycles. The summed E-state index contributed by atoms with van der Waals surface area (Å²) < 4.78 is 15.9. The van der Waals surface area contributed by atoms with Gasteiger partial charge in [-0.2, -0.15) is 0 Å². The lowest BCUT2D eigenvalue weighted by atomic mass is 10.1. The molecule has 0 spiro atoms. The van der Waals surface area contributed by atoms with Crippen molar-refractivity contribution in [1.29, 1.82) is 0 Å². The van der Waals surface area contributed by atoms with Gasteiger partial charge in [-0.15, -0.1) is 11.8 Å². The number of ether oxygens (including phenoxy) is 3. The minimum absolute atomic E-state index is 0.0478. The third kappa shape index (κ3) is 8.89. The SMILES string of the molecule is COc1cccc(/C=C(\NC(=O)c2ccccc2)C(=O)Nc2cccc(SC(C)C(=O)Nc3cc(OC)cc(OC)c3)c2)c1. The maximum Gasteiger partial charge on any atom is 0.272 e. The van der Waals surface area contributed by atoms with Gasteiger partial charge in [0.2, 0.25) is 5.91 Å². The molecular weight excluding hydrogens is 578 g/mol. The van der Waals surface area contributed by atoms with E-state index in [4.69, 9.17) is 14.2 Å². The lowest BCUT2D eigenvalue weighted by Gasteiger charge is -2.15. The van der Waals surface area contributed by atoms with Gasteiger partial charge in [-0.3, -0.25) is 14.4 Å². The summed E-state index contributed by atoms with van der Waals surface area (Å²) in [6, 6.07) is 28.0. The molecule has 10 heteroatoms. The van der Waals surface area contributed by atoms with Crippen molar-refractivity contribution in [2.24, 2.45) is 0 Å². The summed E-state index contributed by atoms with van der Waals surface area (Å²) in [5, 5.41) is 8.02. The van der Waals surface area contributed by atoms with Crippen LogP contribution in [0.3, 0.4) is 0 Å². The normalized spacial score (nSPS) is 11.6. The lowest BCUT2D eigenvalue weighted by Crippen LogP contribution is -2.30. The van der Waals surface area contributed by atoms with Crippen molar-refractivity contribution in [2.45, 2.75) is 17.1 Å². The number of benzene rings is 4. The number of amides is 3. The van der Waals surface area contributed by atoms with E-state index >= 15 is 0 Å². The van der Waals surface area contributed by atoms with Crippen LogP contribution in [0.25, 0.3) is 6.08 Å². The van der Waals surface area contributed by atoms with Crippen LogP contribution in [-0.2, 0) is 9.59 Å². The van der Waals surface area contributed by atoms with E-state index in [-0.39, 0.29) is 11.6 Å². The number of thioether (sulfide) groups is 1. The molecule has 0 radical (unpaired) electrons.